The average Bonchev–Trinajstić information content (AvgIpc) is 2.80. The van der Waals surface area contributed by atoms with E-state index in [1.54, 1.807) is 25.1 Å². The summed E-state index contributed by atoms with van der Waals surface area (Å²) in [6.07, 6.45) is 0. The van der Waals surface area contributed by atoms with E-state index >= 15 is 0 Å². The van der Waals surface area contributed by atoms with Crippen LogP contribution in [0, 0.1) is 5.92 Å². The van der Waals surface area contributed by atoms with Crippen molar-refractivity contribution in [3.05, 3.63) is 23.8 Å². The van der Waals surface area contributed by atoms with Crippen molar-refractivity contribution in [1.29, 1.82) is 0 Å². The summed E-state index contributed by atoms with van der Waals surface area (Å²) in [6, 6.07) is 6.04. The first-order valence-electron chi connectivity index (χ1n) is 7.33. The molecule has 1 aromatic rings. The van der Waals surface area contributed by atoms with Crippen molar-refractivity contribution in [3.8, 4) is 0 Å². The van der Waals surface area contributed by atoms with Crippen molar-refractivity contribution >= 4 is 17.3 Å². The maximum absolute atomic E-state index is 12.4. The lowest BCUT2D eigenvalue weighted by atomic mass is 10.1. The summed E-state index contributed by atoms with van der Waals surface area (Å²) in [6.45, 7) is 4.12. The summed E-state index contributed by atoms with van der Waals surface area (Å²) < 4.78 is 0. The molecule has 2 rings (SSSR count). The van der Waals surface area contributed by atoms with Gasteiger partial charge >= 0.3 is 0 Å². The number of rotatable bonds is 3. The van der Waals surface area contributed by atoms with Gasteiger partial charge in [0.2, 0.25) is 0 Å². The number of anilines is 2. The van der Waals surface area contributed by atoms with Crippen LogP contribution < -0.4 is 10.6 Å². The molecule has 5 nitrogen and oxygen atoms in total. The van der Waals surface area contributed by atoms with Crippen LogP contribution >= 0.6 is 0 Å². The van der Waals surface area contributed by atoms with E-state index in [4.69, 9.17) is 5.73 Å². The van der Waals surface area contributed by atoms with E-state index in [9.17, 15) is 4.79 Å². The number of benzene rings is 1. The predicted molar refractivity (Wildman–Crippen MR) is 87.7 cm³/mol. The van der Waals surface area contributed by atoms with Crippen molar-refractivity contribution in [2.24, 2.45) is 5.92 Å². The first kappa shape index (κ1) is 15.6. The van der Waals surface area contributed by atoms with Crippen LogP contribution in [0.25, 0.3) is 0 Å². The number of hydrogen-bond acceptors (Lipinski definition) is 4. The Hall–Kier alpha value is -1.75. The van der Waals surface area contributed by atoms with Crippen molar-refractivity contribution in [3.63, 3.8) is 0 Å². The molecule has 0 aromatic heterocycles. The van der Waals surface area contributed by atoms with Crippen LogP contribution in [0.4, 0.5) is 11.4 Å². The highest BCUT2D eigenvalue weighted by molar-refractivity contribution is 6.00. The Kier molecular flexibility index (Phi) is 4.42. The summed E-state index contributed by atoms with van der Waals surface area (Å²) in [5.41, 5.74) is 8.31. The highest BCUT2D eigenvalue weighted by Crippen LogP contribution is 2.31. The molecule has 1 aliphatic heterocycles. The average molecular weight is 290 g/mol. The van der Waals surface area contributed by atoms with Gasteiger partial charge in [0.1, 0.15) is 0 Å². The molecule has 5 heteroatoms. The fourth-order valence-electron chi connectivity index (χ4n) is 3.05. The minimum absolute atomic E-state index is 0.0194. The zero-order chi connectivity index (χ0) is 15.7. The van der Waals surface area contributed by atoms with Gasteiger partial charge in [-0.25, -0.2) is 0 Å². The third kappa shape index (κ3) is 3.13. The number of nitrogens with zero attached hydrogens (tertiary/aromatic N) is 3. The topological polar surface area (TPSA) is 52.8 Å². The standard InChI is InChI=1S/C16H26N4O/c1-11-9-20(10-15(11)18(2)3)14-8-12(17)6-7-13(14)16(21)19(4)5/h6-8,11,15H,9-10,17H2,1-5H3. The van der Waals surface area contributed by atoms with Gasteiger partial charge in [-0.3, -0.25) is 4.79 Å². The molecule has 1 aliphatic rings. The molecule has 2 atom stereocenters. The quantitative estimate of drug-likeness (QED) is 0.854. The number of amides is 1. The summed E-state index contributed by atoms with van der Waals surface area (Å²) in [7, 11) is 7.77. The van der Waals surface area contributed by atoms with Crippen molar-refractivity contribution in [2.75, 3.05) is 51.9 Å². The molecule has 0 bridgehead atoms. The molecule has 0 aliphatic carbocycles. The minimum Gasteiger partial charge on any atom is -0.399 e. The largest absolute Gasteiger partial charge is 0.399 e. The summed E-state index contributed by atoms with van der Waals surface area (Å²) >= 11 is 0. The third-order valence-electron chi connectivity index (χ3n) is 4.24. The molecule has 1 heterocycles. The van der Waals surface area contributed by atoms with Crippen LogP contribution in [0.15, 0.2) is 18.2 Å². The van der Waals surface area contributed by atoms with Crippen molar-refractivity contribution in [2.45, 2.75) is 13.0 Å². The van der Waals surface area contributed by atoms with Gasteiger partial charge in [0, 0.05) is 38.9 Å². The van der Waals surface area contributed by atoms with Gasteiger partial charge in [-0.05, 0) is 38.2 Å². The molecule has 0 spiro atoms. The molecule has 1 saturated heterocycles. The second-order valence-corrected chi connectivity index (χ2v) is 6.39. The molecule has 1 aromatic carbocycles. The Morgan fingerprint density at radius 3 is 2.43 bits per heavy atom. The fourth-order valence-corrected chi connectivity index (χ4v) is 3.05. The van der Waals surface area contributed by atoms with Gasteiger partial charge in [-0.1, -0.05) is 6.92 Å². The van der Waals surface area contributed by atoms with Crippen molar-refractivity contribution in [1.82, 2.24) is 9.80 Å². The van der Waals surface area contributed by atoms with E-state index in [1.165, 1.54) is 0 Å². The van der Waals surface area contributed by atoms with Gasteiger partial charge in [-0.2, -0.15) is 0 Å². The lowest BCUT2D eigenvalue weighted by molar-refractivity contribution is 0.0828. The minimum atomic E-state index is 0.0194. The molecule has 2 unspecified atom stereocenters. The normalized spacial score (nSPS) is 21.9. The maximum atomic E-state index is 12.4. The summed E-state index contributed by atoms with van der Waals surface area (Å²) in [5.74, 6) is 0.578. The lowest BCUT2D eigenvalue weighted by Gasteiger charge is -2.25. The van der Waals surface area contributed by atoms with E-state index in [0.29, 0.717) is 17.6 Å². The molecule has 1 fully saturated rings. The predicted octanol–water partition coefficient (Wildman–Crippen LogP) is 1.36. The van der Waals surface area contributed by atoms with E-state index in [2.05, 4.69) is 30.8 Å². The maximum Gasteiger partial charge on any atom is 0.255 e. The molecular formula is C16H26N4O. The van der Waals surface area contributed by atoms with Gasteiger partial charge < -0.3 is 20.4 Å². The van der Waals surface area contributed by atoms with Crippen molar-refractivity contribution < 1.29 is 4.79 Å². The van der Waals surface area contributed by atoms with Crippen LogP contribution in [0.3, 0.4) is 0 Å². The van der Waals surface area contributed by atoms with Gasteiger partial charge in [0.05, 0.1) is 11.3 Å². The first-order chi connectivity index (χ1) is 9.81. The second-order valence-electron chi connectivity index (χ2n) is 6.39. The Morgan fingerprint density at radius 2 is 1.90 bits per heavy atom. The molecule has 21 heavy (non-hydrogen) atoms. The number of likely N-dealkylation sites (N-methyl/N-ethyl adjacent to an activating group) is 1. The Balaban J connectivity index is 2.35. The zero-order valence-corrected chi connectivity index (χ0v) is 13.6. The van der Waals surface area contributed by atoms with Gasteiger partial charge in [-0.15, -0.1) is 0 Å². The molecule has 116 valence electrons. The Morgan fingerprint density at radius 1 is 1.24 bits per heavy atom. The Labute approximate surface area is 127 Å². The molecule has 0 radical (unpaired) electrons. The fraction of sp³-hybridized carbons (Fsp3) is 0.562. The number of hydrogen-bond donors (Lipinski definition) is 1. The first-order valence-corrected chi connectivity index (χ1v) is 7.33. The summed E-state index contributed by atoms with van der Waals surface area (Å²) in [4.78, 5) is 18.5. The van der Waals surface area contributed by atoms with Crippen LogP contribution in [-0.2, 0) is 0 Å². The summed E-state index contributed by atoms with van der Waals surface area (Å²) in [5, 5.41) is 0. The second kappa shape index (κ2) is 5.93. The molecule has 0 saturated carbocycles. The third-order valence-corrected chi connectivity index (χ3v) is 4.24. The van der Waals surface area contributed by atoms with Gasteiger partial charge in [0.15, 0.2) is 0 Å². The van der Waals surface area contributed by atoms with Crippen LogP contribution in [0.5, 0.6) is 0 Å². The zero-order valence-electron chi connectivity index (χ0n) is 13.6. The van der Waals surface area contributed by atoms with Gasteiger partial charge in [0.25, 0.3) is 5.91 Å². The highest BCUT2D eigenvalue weighted by Gasteiger charge is 2.32. The Bertz CT molecular complexity index is 527. The number of nitrogens with two attached hydrogens (primary N) is 1. The SMILES string of the molecule is CC1CN(c2cc(N)ccc2C(=O)N(C)C)CC1N(C)C. The number of carbonyl (C=O) groups excluding carboxylic acids is 1. The molecular weight excluding hydrogens is 264 g/mol. The number of carbonyl (C=O) groups is 1. The molecule has 2 N–H and O–H groups in total. The van der Waals surface area contributed by atoms with E-state index in [1.807, 2.05) is 12.1 Å². The molecule has 1 amide bonds. The van der Waals surface area contributed by atoms with E-state index in [-0.39, 0.29) is 5.91 Å². The van der Waals surface area contributed by atoms with Crippen LogP contribution in [0.2, 0.25) is 0 Å². The van der Waals surface area contributed by atoms with Crippen LogP contribution in [-0.4, -0.2) is 63.0 Å². The number of nitrogen functional groups attached to an aromatic ring is 1. The van der Waals surface area contributed by atoms with Crippen LogP contribution in [0.1, 0.15) is 17.3 Å². The van der Waals surface area contributed by atoms with E-state index < -0.39 is 0 Å². The lowest BCUT2D eigenvalue weighted by Crippen LogP contribution is -2.34. The van der Waals surface area contributed by atoms with E-state index in [0.717, 1.165) is 24.3 Å². The monoisotopic (exact) mass is 290 g/mol. The highest BCUT2D eigenvalue weighted by atomic mass is 16.2. The smallest absolute Gasteiger partial charge is 0.255 e.